The van der Waals surface area contributed by atoms with E-state index in [1.54, 1.807) is 20.2 Å². The summed E-state index contributed by atoms with van der Waals surface area (Å²) >= 11 is 0. The number of carbonyl (C=O) groups is 4. The largest absolute Gasteiger partial charge is 0.349 e. The molecule has 4 aliphatic carbocycles. The third-order valence-corrected chi connectivity index (χ3v) is 9.85. The van der Waals surface area contributed by atoms with Gasteiger partial charge < -0.3 is 14.3 Å². The number of rotatable bonds is 9. The molecule has 220 valence electrons. The Kier molecular flexibility index (Phi) is 7.27. The lowest BCUT2D eigenvalue weighted by atomic mass is 9.48. The molecule has 0 radical (unpaired) electrons. The molecule has 0 N–H and O–H groups in total. The molecule has 42 heavy (non-hydrogen) atoms. The number of fused-ring (bicyclic) bond motifs is 3. The Hall–Kier alpha value is -3.81. The van der Waals surface area contributed by atoms with Crippen LogP contribution in [0.4, 0.5) is 0 Å². The Morgan fingerprint density at radius 2 is 1.43 bits per heavy atom. The van der Waals surface area contributed by atoms with Crippen molar-refractivity contribution >= 4 is 51.0 Å². The van der Waals surface area contributed by atoms with Crippen molar-refractivity contribution < 1.29 is 24.0 Å². The fraction of sp³-hybridized carbons (Fsp3) is 0.500. The van der Waals surface area contributed by atoms with Crippen LogP contribution >= 0.6 is 0 Å². The summed E-state index contributed by atoms with van der Waals surface area (Å²) in [6.07, 6.45) is 7.03. The van der Waals surface area contributed by atoms with Crippen LogP contribution < -0.4 is 0 Å². The maximum absolute atomic E-state index is 14.2. The van der Waals surface area contributed by atoms with E-state index in [0.717, 1.165) is 53.2 Å². The van der Waals surface area contributed by atoms with E-state index < -0.39 is 11.8 Å². The van der Waals surface area contributed by atoms with Gasteiger partial charge in [0, 0.05) is 78.8 Å². The highest BCUT2D eigenvalue weighted by Gasteiger charge is 2.54. The van der Waals surface area contributed by atoms with Crippen LogP contribution in [0.1, 0.15) is 85.9 Å². The Balaban J connectivity index is 1.37. The molecule has 1 aromatic heterocycles. The quantitative estimate of drug-likeness (QED) is 0.133. The minimum atomic E-state index is -0.642. The van der Waals surface area contributed by atoms with Gasteiger partial charge in [0.15, 0.2) is 5.78 Å². The average Bonchev–Trinajstić information content (AvgIpc) is 3.27. The second-order valence-electron chi connectivity index (χ2n) is 13.0. The number of nitrogens with zero attached hydrogens (tertiary/aromatic N) is 3. The number of carbonyl (C=O) groups excluding carboxylic acids is 4. The molecule has 4 fully saturated rings. The van der Waals surface area contributed by atoms with Gasteiger partial charge in [0.1, 0.15) is 5.71 Å². The zero-order chi connectivity index (χ0) is 29.8. The van der Waals surface area contributed by atoms with Gasteiger partial charge in [-0.3, -0.25) is 14.4 Å². The number of oxime groups is 1. The summed E-state index contributed by atoms with van der Waals surface area (Å²) in [6.45, 7) is 4.03. The molecule has 7 rings (SSSR count). The second-order valence-corrected chi connectivity index (χ2v) is 13.0. The van der Waals surface area contributed by atoms with Crippen molar-refractivity contribution in [1.29, 1.82) is 0 Å². The zero-order valence-corrected chi connectivity index (χ0v) is 24.9. The number of aryl methyl sites for hydroxylation is 1. The fourth-order valence-corrected chi connectivity index (χ4v) is 8.36. The molecule has 4 bridgehead atoms. The second kappa shape index (κ2) is 10.8. The molecule has 0 spiro atoms. The van der Waals surface area contributed by atoms with E-state index >= 15 is 0 Å². The molecule has 3 aromatic rings. The number of ketones is 2. The maximum atomic E-state index is 14.2. The molecule has 2 aromatic carbocycles. The SMILES string of the molecule is CCn1c2ccc(C(=O)C(CCC(=O)N(C)C)=NOC(C)=O)cc2c2cc(C(=O)C34CC5CC(CC(C5)C3)C4)ccc21. The number of hydrogen-bond acceptors (Lipinski definition) is 6. The van der Waals surface area contributed by atoms with E-state index in [2.05, 4.69) is 22.7 Å². The number of Topliss-reactive ketones (excluding diaryl/α,β-unsaturated/α-hetero) is 2. The monoisotopic (exact) mass is 569 g/mol. The summed E-state index contributed by atoms with van der Waals surface area (Å²) in [5.74, 6) is 1.16. The molecule has 0 atom stereocenters. The van der Waals surface area contributed by atoms with E-state index in [0.29, 0.717) is 23.3 Å². The van der Waals surface area contributed by atoms with E-state index in [1.165, 1.54) is 31.1 Å². The highest BCUT2D eigenvalue weighted by atomic mass is 16.7. The standard InChI is InChI=1S/C34H39N3O5/c1-5-37-29-9-6-24(32(40)28(35-42-20(2)38)8-11-31(39)36(3)4)15-26(29)27-16-25(7-10-30(27)37)33(41)34-17-21-12-22(18-34)14-23(13-21)19-34/h6-7,9-10,15-16,21-23H,5,8,11-14,17-19H2,1-4H3. The van der Waals surface area contributed by atoms with Gasteiger partial charge in [0.25, 0.3) is 0 Å². The van der Waals surface area contributed by atoms with E-state index in [9.17, 15) is 19.2 Å². The van der Waals surface area contributed by atoms with Gasteiger partial charge >= 0.3 is 5.97 Å². The molecule has 0 saturated heterocycles. The van der Waals surface area contributed by atoms with E-state index in [-0.39, 0.29) is 35.7 Å². The predicted molar refractivity (Wildman–Crippen MR) is 162 cm³/mol. The van der Waals surface area contributed by atoms with Crippen molar-refractivity contribution in [3.63, 3.8) is 0 Å². The Morgan fingerprint density at radius 3 is 1.95 bits per heavy atom. The van der Waals surface area contributed by atoms with Gasteiger partial charge in [-0.25, -0.2) is 4.79 Å². The van der Waals surface area contributed by atoms with Gasteiger partial charge in [-0.1, -0.05) is 5.16 Å². The lowest BCUT2D eigenvalue weighted by Crippen LogP contribution is -2.50. The molecule has 4 aliphatic rings. The molecule has 1 heterocycles. The van der Waals surface area contributed by atoms with Crippen molar-refractivity contribution in [2.75, 3.05) is 14.1 Å². The molecule has 8 nitrogen and oxygen atoms in total. The summed E-state index contributed by atoms with van der Waals surface area (Å²) in [4.78, 5) is 57.7. The molecule has 0 unspecified atom stereocenters. The van der Waals surface area contributed by atoms with Crippen LogP contribution in [0.25, 0.3) is 21.8 Å². The van der Waals surface area contributed by atoms with Crippen LogP contribution in [0.2, 0.25) is 0 Å². The summed E-state index contributed by atoms with van der Waals surface area (Å²) in [7, 11) is 3.29. The summed E-state index contributed by atoms with van der Waals surface area (Å²) in [5.41, 5.74) is 2.93. The van der Waals surface area contributed by atoms with Crippen LogP contribution in [-0.4, -0.2) is 52.7 Å². The lowest BCUT2D eigenvalue weighted by molar-refractivity contribution is -0.140. The molecule has 4 saturated carbocycles. The third-order valence-electron chi connectivity index (χ3n) is 9.85. The topological polar surface area (TPSA) is 98.0 Å². The number of amides is 1. The summed E-state index contributed by atoms with van der Waals surface area (Å²) in [5, 5.41) is 5.65. The molecule has 1 amide bonds. The van der Waals surface area contributed by atoms with Crippen LogP contribution in [0.15, 0.2) is 41.6 Å². The predicted octanol–water partition coefficient (Wildman–Crippen LogP) is 6.18. The van der Waals surface area contributed by atoms with Crippen molar-refractivity contribution in [1.82, 2.24) is 9.47 Å². The van der Waals surface area contributed by atoms with Crippen molar-refractivity contribution in [3.8, 4) is 0 Å². The number of benzene rings is 2. The Bertz CT molecular complexity index is 1610. The van der Waals surface area contributed by atoms with Gasteiger partial charge in [-0.05, 0) is 99.6 Å². The van der Waals surface area contributed by atoms with Crippen molar-refractivity contribution in [2.24, 2.45) is 28.3 Å². The first-order valence-electron chi connectivity index (χ1n) is 15.2. The minimum absolute atomic E-state index is 0.0108. The molecule has 8 heteroatoms. The van der Waals surface area contributed by atoms with Crippen molar-refractivity contribution in [2.45, 2.75) is 71.8 Å². The third kappa shape index (κ3) is 4.95. The summed E-state index contributed by atoms with van der Waals surface area (Å²) < 4.78 is 2.20. The number of aromatic nitrogens is 1. The van der Waals surface area contributed by atoms with Gasteiger partial charge in [-0.15, -0.1) is 0 Å². The van der Waals surface area contributed by atoms with E-state index in [4.69, 9.17) is 4.84 Å². The minimum Gasteiger partial charge on any atom is -0.349 e. The van der Waals surface area contributed by atoms with Crippen LogP contribution in [0, 0.1) is 23.2 Å². The van der Waals surface area contributed by atoms with Crippen LogP contribution in [0.3, 0.4) is 0 Å². The summed E-state index contributed by atoms with van der Waals surface area (Å²) in [6, 6.07) is 11.6. The highest BCUT2D eigenvalue weighted by molar-refractivity contribution is 6.46. The zero-order valence-electron chi connectivity index (χ0n) is 24.9. The Morgan fingerprint density at radius 1 is 0.881 bits per heavy atom. The lowest BCUT2D eigenvalue weighted by Gasteiger charge is -2.56. The highest BCUT2D eigenvalue weighted by Crippen LogP contribution is 2.61. The van der Waals surface area contributed by atoms with Gasteiger partial charge in [0.05, 0.1) is 0 Å². The van der Waals surface area contributed by atoms with Gasteiger partial charge in [-0.2, -0.15) is 0 Å². The first-order valence-corrected chi connectivity index (χ1v) is 15.2. The molecular formula is C34H39N3O5. The Labute approximate surface area is 246 Å². The average molecular weight is 570 g/mol. The normalized spacial score (nSPS) is 24.8. The van der Waals surface area contributed by atoms with Crippen LogP contribution in [-0.2, 0) is 21.0 Å². The van der Waals surface area contributed by atoms with Gasteiger partial charge in [0.2, 0.25) is 11.7 Å². The molecular weight excluding hydrogens is 530 g/mol. The maximum Gasteiger partial charge on any atom is 0.331 e. The van der Waals surface area contributed by atoms with Crippen LogP contribution in [0.5, 0.6) is 0 Å². The van der Waals surface area contributed by atoms with E-state index in [1.807, 2.05) is 24.3 Å². The number of hydrogen-bond donors (Lipinski definition) is 0. The molecule has 0 aliphatic heterocycles. The fourth-order valence-electron chi connectivity index (χ4n) is 8.36. The smallest absolute Gasteiger partial charge is 0.331 e. The first kappa shape index (κ1) is 28.3. The van der Waals surface area contributed by atoms with Crippen molar-refractivity contribution in [3.05, 3.63) is 47.5 Å². The first-order chi connectivity index (χ1) is 20.1.